The third-order valence-corrected chi connectivity index (χ3v) is 12.2. The SMILES string of the molecule is C.C.C.C.C.COC(=O)c1ccc(N)cc1.COC(=O)c1ccc(NC(=O)c2ccccc2)cc1.Nc1cccnc1N.O=C(Cl)c1ccccc1.O=C(Nc1ccc(-c2nc3ncccc3[nH]2)cc1)c1ccccc1.O=C(O)c1ccc(NC(=O)c2ccccc2)cc1. The Morgan fingerprint density at radius 3 is 1.10 bits per heavy atom. The number of aromatic amines is 1. The molecular formula is C73H79ClN10O10. The number of halogens is 1. The number of hydrogen-bond donors (Lipinski definition) is 8. The number of imidazole rings is 1. The Bertz CT molecular complexity index is 4020. The number of rotatable bonds is 11. The smallest absolute Gasteiger partial charge is 0.337 e. The van der Waals surface area contributed by atoms with E-state index in [2.05, 4.69) is 45.4 Å². The second-order valence-corrected chi connectivity index (χ2v) is 18.5. The van der Waals surface area contributed by atoms with Crippen LogP contribution < -0.4 is 33.2 Å². The number of fused-ring (bicyclic) bond motifs is 1. The lowest BCUT2D eigenvalue weighted by Gasteiger charge is -2.06. The molecule has 0 bridgehead atoms. The molecule has 0 atom stereocenters. The standard InChI is InChI=1S/C19H14N4O.C15H13NO3.C14H11NO3.C8H9NO2.C7H5ClO.C5H7N3.5CH4/c24-19(14-5-2-1-3-6-14)21-15-10-8-13(9-11-15)17-22-16-7-4-12-20-18(16)23-17;1-19-15(18)12-7-9-13(10-8-12)16-14(17)11-5-3-2-4-6-11;16-13(10-4-2-1-3-5-10)15-12-8-6-11(7-9-12)14(17)18;1-11-8(10)6-2-4-7(9)5-3-6;8-7(9)6-4-2-1-3-5-6;6-4-2-1-3-8-5(4)7;;;;;/h1-12H,(H,21,24)(H,20,22,23);2-10H,1H3,(H,16,17);1-9H,(H,15,16)(H,17,18);2-5H,9H2,1H3;1-5H;1-3H,6H2,(H2,7,8);5*1H4. The van der Waals surface area contributed by atoms with Crippen molar-refractivity contribution < 1.29 is 48.1 Å². The van der Waals surface area contributed by atoms with Crippen LogP contribution in [0.3, 0.4) is 0 Å². The summed E-state index contributed by atoms with van der Waals surface area (Å²) in [7, 11) is 2.67. The minimum Gasteiger partial charge on any atom is -0.478 e. The number of nitrogens with zero attached hydrogens (tertiary/aromatic N) is 3. The molecule has 94 heavy (non-hydrogen) atoms. The van der Waals surface area contributed by atoms with Gasteiger partial charge in [0, 0.05) is 63.0 Å². The van der Waals surface area contributed by atoms with E-state index in [0.29, 0.717) is 67.6 Å². The summed E-state index contributed by atoms with van der Waals surface area (Å²) in [5.41, 5.74) is 25.1. The van der Waals surface area contributed by atoms with Gasteiger partial charge in [-0.1, -0.05) is 122 Å². The number of H-pyrrole nitrogens is 1. The molecule has 3 amide bonds. The third kappa shape index (κ3) is 26.0. The fraction of sp³-hybridized carbons (Fsp3) is 0.0959. The predicted molar refractivity (Wildman–Crippen MR) is 379 cm³/mol. The van der Waals surface area contributed by atoms with Crippen molar-refractivity contribution in [3.8, 4) is 11.4 Å². The van der Waals surface area contributed by atoms with Crippen LogP contribution in [-0.4, -0.2) is 80.1 Å². The van der Waals surface area contributed by atoms with Crippen LogP contribution in [0.25, 0.3) is 22.6 Å². The zero-order chi connectivity index (χ0) is 63.9. The molecule has 0 unspecified atom stereocenters. The van der Waals surface area contributed by atoms with E-state index in [9.17, 15) is 33.6 Å². The van der Waals surface area contributed by atoms with Crippen molar-refractivity contribution in [3.63, 3.8) is 0 Å². The predicted octanol–water partition coefficient (Wildman–Crippen LogP) is 15.8. The number of carbonyl (C=O) groups excluding carboxylic acids is 6. The number of pyridine rings is 2. The van der Waals surface area contributed by atoms with Gasteiger partial charge in [0.25, 0.3) is 23.0 Å². The lowest BCUT2D eigenvalue weighted by molar-refractivity contribution is 0.0592. The molecule has 0 spiro atoms. The maximum atomic E-state index is 12.1. The van der Waals surface area contributed by atoms with Crippen LogP contribution in [0.15, 0.2) is 255 Å². The van der Waals surface area contributed by atoms with Crippen molar-refractivity contribution in [3.05, 3.63) is 294 Å². The molecule has 0 aliphatic carbocycles. The number of anilines is 6. The van der Waals surface area contributed by atoms with Gasteiger partial charge in [0.1, 0.15) is 11.6 Å². The van der Waals surface area contributed by atoms with Gasteiger partial charge in [-0.3, -0.25) is 19.2 Å². The van der Waals surface area contributed by atoms with Crippen LogP contribution in [0.2, 0.25) is 0 Å². The number of amides is 3. The van der Waals surface area contributed by atoms with E-state index in [1.807, 2.05) is 72.8 Å². The summed E-state index contributed by atoms with van der Waals surface area (Å²) in [6, 6.07) is 69.5. The Morgan fingerprint density at radius 2 is 0.766 bits per heavy atom. The molecule has 8 aromatic carbocycles. The zero-order valence-electron chi connectivity index (χ0n) is 47.8. The quantitative estimate of drug-likeness (QED) is 0.0339. The molecule has 0 saturated heterocycles. The Kier molecular flexibility index (Phi) is 35.5. The monoisotopic (exact) mass is 1290 g/mol. The number of carboxylic acid groups (broad SMARTS) is 1. The number of nitrogen functional groups attached to an aromatic ring is 3. The van der Waals surface area contributed by atoms with Crippen LogP contribution in [0, 0.1) is 0 Å². The van der Waals surface area contributed by atoms with Gasteiger partial charge in [-0.05, 0) is 169 Å². The van der Waals surface area contributed by atoms with Crippen molar-refractivity contribution >= 4 is 97.9 Å². The Labute approximate surface area is 553 Å². The summed E-state index contributed by atoms with van der Waals surface area (Å²) >= 11 is 5.16. The minimum absolute atomic E-state index is 0. The van der Waals surface area contributed by atoms with Crippen molar-refractivity contribution in [1.82, 2.24) is 19.9 Å². The maximum absolute atomic E-state index is 12.1. The average Bonchev–Trinajstić information content (AvgIpc) is 1.73. The Morgan fingerprint density at radius 1 is 0.415 bits per heavy atom. The highest BCUT2D eigenvalue weighted by atomic mass is 35.5. The summed E-state index contributed by atoms with van der Waals surface area (Å²) in [6.07, 6.45) is 3.32. The summed E-state index contributed by atoms with van der Waals surface area (Å²) in [4.78, 5) is 94.7. The minimum atomic E-state index is -0.990. The van der Waals surface area contributed by atoms with Crippen LogP contribution in [0.5, 0.6) is 0 Å². The van der Waals surface area contributed by atoms with Gasteiger partial charge < -0.3 is 52.7 Å². The topological polar surface area (TPSA) is 327 Å². The number of hydrogen-bond acceptors (Lipinski definition) is 15. The summed E-state index contributed by atoms with van der Waals surface area (Å²) in [5, 5.41) is 16.7. The Balaban J connectivity index is 0.000000580. The molecule has 3 heterocycles. The number of methoxy groups -OCH3 is 2. The molecule has 0 aliphatic rings. The number of benzene rings is 8. The maximum Gasteiger partial charge on any atom is 0.337 e. The van der Waals surface area contributed by atoms with Crippen LogP contribution in [-0.2, 0) is 9.47 Å². The summed E-state index contributed by atoms with van der Waals surface area (Å²) in [6.45, 7) is 0. The summed E-state index contributed by atoms with van der Waals surface area (Å²) in [5.74, 6) is -1.12. The lowest BCUT2D eigenvalue weighted by atomic mass is 10.1. The van der Waals surface area contributed by atoms with E-state index in [4.69, 9.17) is 33.9 Å². The number of esters is 2. The molecule has 11 N–H and O–H groups in total. The first kappa shape index (κ1) is 79.7. The highest BCUT2D eigenvalue weighted by Gasteiger charge is 2.11. The molecule has 11 aromatic rings. The van der Waals surface area contributed by atoms with Gasteiger partial charge in [0.15, 0.2) is 5.65 Å². The largest absolute Gasteiger partial charge is 0.478 e. The van der Waals surface area contributed by atoms with Crippen molar-refractivity contribution in [2.75, 3.05) is 47.4 Å². The highest BCUT2D eigenvalue weighted by molar-refractivity contribution is 6.67. The molecule has 3 aromatic heterocycles. The number of carbonyl (C=O) groups is 7. The molecule has 0 radical (unpaired) electrons. The van der Waals surface area contributed by atoms with Crippen molar-refractivity contribution in [2.24, 2.45) is 0 Å². The van der Waals surface area contributed by atoms with E-state index < -0.39 is 17.2 Å². The fourth-order valence-electron chi connectivity index (χ4n) is 7.31. The van der Waals surface area contributed by atoms with Gasteiger partial charge in [0.05, 0.1) is 42.1 Å². The molecule has 21 heteroatoms. The van der Waals surface area contributed by atoms with Gasteiger partial charge in [-0.2, -0.15) is 0 Å². The number of aromatic carboxylic acids is 1. The van der Waals surface area contributed by atoms with Crippen LogP contribution in [0.1, 0.15) is 110 Å². The first-order chi connectivity index (χ1) is 43.0. The molecule has 0 fully saturated rings. The average molecular weight is 1290 g/mol. The molecule has 20 nitrogen and oxygen atoms in total. The molecule has 11 rings (SSSR count). The van der Waals surface area contributed by atoms with Crippen LogP contribution >= 0.6 is 11.6 Å². The highest BCUT2D eigenvalue weighted by Crippen LogP contribution is 2.22. The third-order valence-electron chi connectivity index (χ3n) is 11.9. The first-order valence-corrected chi connectivity index (χ1v) is 27.1. The van der Waals surface area contributed by atoms with E-state index in [-0.39, 0.29) is 66.4 Å². The molecule has 0 saturated carbocycles. The summed E-state index contributed by atoms with van der Waals surface area (Å²) < 4.78 is 9.10. The van der Waals surface area contributed by atoms with E-state index in [0.717, 1.165) is 22.6 Å². The number of ether oxygens (including phenoxy) is 2. The van der Waals surface area contributed by atoms with Gasteiger partial charge in [-0.25, -0.2) is 29.3 Å². The zero-order valence-corrected chi connectivity index (χ0v) is 48.6. The number of nitrogens with one attached hydrogen (secondary N) is 4. The van der Waals surface area contributed by atoms with E-state index in [1.165, 1.54) is 26.4 Å². The van der Waals surface area contributed by atoms with Crippen molar-refractivity contribution in [1.29, 1.82) is 0 Å². The van der Waals surface area contributed by atoms with Gasteiger partial charge in [-0.15, -0.1) is 0 Å². The number of carboxylic acids is 1. The Hall–Kier alpha value is -12.3. The van der Waals surface area contributed by atoms with Gasteiger partial charge in [0.2, 0.25) is 0 Å². The van der Waals surface area contributed by atoms with Gasteiger partial charge >= 0.3 is 17.9 Å². The lowest BCUT2D eigenvalue weighted by Crippen LogP contribution is -2.11. The fourth-order valence-corrected chi connectivity index (χ4v) is 7.44. The first-order valence-electron chi connectivity index (χ1n) is 26.7. The van der Waals surface area contributed by atoms with Crippen LogP contribution in [0.4, 0.5) is 34.3 Å². The van der Waals surface area contributed by atoms with E-state index in [1.54, 1.807) is 170 Å². The van der Waals surface area contributed by atoms with Crippen molar-refractivity contribution in [2.45, 2.75) is 37.1 Å². The molecule has 0 aliphatic heterocycles. The molecular weight excluding hydrogens is 1210 g/mol. The molecule has 488 valence electrons. The second kappa shape index (κ2) is 41.8. The second-order valence-electron chi connectivity index (χ2n) is 18.2. The number of nitrogens with two attached hydrogens (primary N) is 3. The van der Waals surface area contributed by atoms with E-state index >= 15 is 0 Å². The normalized spacial score (nSPS) is 9.27. The number of aromatic nitrogens is 4.